The molecule has 0 bridgehead atoms. The summed E-state index contributed by atoms with van der Waals surface area (Å²) in [5, 5.41) is 11.3. The Morgan fingerprint density at radius 1 is 1.08 bits per heavy atom. The van der Waals surface area contributed by atoms with Crippen LogP contribution in [0.25, 0.3) is 5.76 Å². The Balaban J connectivity index is 1.63. The van der Waals surface area contributed by atoms with Gasteiger partial charge in [-0.25, -0.2) is 4.79 Å². The highest BCUT2D eigenvalue weighted by atomic mass is 16.7. The minimum Gasteiger partial charge on any atom is -0.507 e. The van der Waals surface area contributed by atoms with Crippen LogP contribution in [0.15, 0.2) is 72.6 Å². The number of fused-ring (bicyclic) bond motifs is 1. The number of rotatable bonds is 6. The van der Waals surface area contributed by atoms with E-state index in [2.05, 4.69) is 4.98 Å². The van der Waals surface area contributed by atoms with Gasteiger partial charge in [-0.2, -0.15) is 0 Å². The van der Waals surface area contributed by atoms with Gasteiger partial charge in [0.05, 0.1) is 23.8 Å². The van der Waals surface area contributed by atoms with Gasteiger partial charge in [0.2, 0.25) is 6.79 Å². The first-order valence-electron chi connectivity index (χ1n) is 11.4. The SMILES string of the molecule is CCCOC(=O)c1cccc(N2C(=O)C(=O)/C(=C(\O)c3ccc4c(c3)OCO4)C2c2cccnc2)c1. The summed E-state index contributed by atoms with van der Waals surface area (Å²) >= 11 is 0. The molecule has 2 aliphatic rings. The number of benzene rings is 2. The zero-order valence-corrected chi connectivity index (χ0v) is 19.3. The average Bonchev–Trinajstić information content (AvgIpc) is 3.49. The van der Waals surface area contributed by atoms with E-state index < -0.39 is 23.7 Å². The quantitative estimate of drug-likeness (QED) is 0.241. The lowest BCUT2D eigenvalue weighted by Gasteiger charge is -2.25. The minimum atomic E-state index is -0.981. The standard InChI is InChI=1S/C27H22N2O7/c1-2-11-34-27(33)17-5-3-7-19(12-17)29-23(18-6-4-10-28-14-18)22(25(31)26(29)32)24(30)16-8-9-20-21(13-16)36-15-35-20/h3-10,12-14,23,30H,2,11,15H2,1H3/b24-22-. The van der Waals surface area contributed by atoms with Crippen molar-refractivity contribution in [1.82, 2.24) is 4.98 Å². The molecule has 36 heavy (non-hydrogen) atoms. The van der Waals surface area contributed by atoms with Crippen LogP contribution < -0.4 is 14.4 Å². The summed E-state index contributed by atoms with van der Waals surface area (Å²) in [5.74, 6) is -1.66. The molecule has 1 saturated heterocycles. The van der Waals surface area contributed by atoms with Crippen LogP contribution >= 0.6 is 0 Å². The summed E-state index contributed by atoms with van der Waals surface area (Å²) in [6.07, 6.45) is 3.76. The predicted octanol–water partition coefficient (Wildman–Crippen LogP) is 4.00. The first kappa shape index (κ1) is 23.1. The highest BCUT2D eigenvalue weighted by molar-refractivity contribution is 6.51. The van der Waals surface area contributed by atoms with Crippen molar-refractivity contribution in [3.05, 3.63) is 89.3 Å². The molecule has 9 nitrogen and oxygen atoms in total. The summed E-state index contributed by atoms with van der Waals surface area (Å²) in [5.41, 5.74) is 1.25. The Morgan fingerprint density at radius 3 is 2.69 bits per heavy atom. The Labute approximate surface area is 206 Å². The Morgan fingerprint density at radius 2 is 1.92 bits per heavy atom. The molecule has 0 saturated carbocycles. The summed E-state index contributed by atoms with van der Waals surface area (Å²) < 4.78 is 15.9. The molecule has 1 amide bonds. The number of anilines is 1. The van der Waals surface area contributed by atoms with Crippen LogP contribution in [0.2, 0.25) is 0 Å². The lowest BCUT2D eigenvalue weighted by Crippen LogP contribution is -2.29. The lowest BCUT2D eigenvalue weighted by molar-refractivity contribution is -0.132. The lowest BCUT2D eigenvalue weighted by atomic mass is 9.96. The zero-order chi connectivity index (χ0) is 25.2. The number of amides is 1. The summed E-state index contributed by atoms with van der Waals surface area (Å²) in [4.78, 5) is 44.5. The van der Waals surface area contributed by atoms with E-state index in [4.69, 9.17) is 14.2 Å². The third kappa shape index (κ3) is 4.04. The average molecular weight is 486 g/mol. The molecule has 2 aromatic carbocycles. The number of hydrogen-bond acceptors (Lipinski definition) is 8. The number of carbonyl (C=O) groups is 3. The number of hydrogen-bond donors (Lipinski definition) is 1. The Hall–Kier alpha value is -4.66. The minimum absolute atomic E-state index is 0.0522. The summed E-state index contributed by atoms with van der Waals surface area (Å²) in [7, 11) is 0. The Bertz CT molecular complexity index is 1380. The molecule has 1 fully saturated rings. The van der Waals surface area contributed by atoms with Crippen LogP contribution in [0.1, 0.15) is 40.9 Å². The maximum atomic E-state index is 13.3. The van der Waals surface area contributed by atoms with Crippen LogP contribution in [0.5, 0.6) is 11.5 Å². The number of pyridine rings is 1. The fraction of sp³-hybridized carbons (Fsp3) is 0.185. The fourth-order valence-electron chi connectivity index (χ4n) is 4.21. The van der Waals surface area contributed by atoms with Crippen LogP contribution in [0.3, 0.4) is 0 Å². The normalized spacial score (nSPS) is 17.9. The second-order valence-electron chi connectivity index (χ2n) is 8.21. The molecule has 0 radical (unpaired) electrons. The molecule has 1 unspecified atom stereocenters. The van der Waals surface area contributed by atoms with Crippen LogP contribution in [-0.2, 0) is 14.3 Å². The van der Waals surface area contributed by atoms with E-state index in [0.29, 0.717) is 34.7 Å². The van der Waals surface area contributed by atoms with Gasteiger partial charge in [-0.1, -0.05) is 19.1 Å². The van der Waals surface area contributed by atoms with Crippen molar-refractivity contribution < 1.29 is 33.7 Å². The van der Waals surface area contributed by atoms with E-state index in [-0.39, 0.29) is 30.3 Å². The number of aliphatic hydroxyl groups is 1. The van der Waals surface area contributed by atoms with Gasteiger partial charge >= 0.3 is 5.97 Å². The van der Waals surface area contributed by atoms with E-state index in [1.165, 1.54) is 17.2 Å². The summed E-state index contributed by atoms with van der Waals surface area (Å²) in [6, 6.07) is 13.5. The number of Topliss-reactive ketones (excluding diaryl/α,β-unsaturated/α-hetero) is 1. The molecule has 182 valence electrons. The molecule has 1 aromatic heterocycles. The van der Waals surface area contributed by atoms with E-state index in [9.17, 15) is 19.5 Å². The third-order valence-electron chi connectivity index (χ3n) is 5.89. The Kier molecular flexibility index (Phi) is 6.12. The molecular formula is C27H22N2O7. The topological polar surface area (TPSA) is 115 Å². The molecule has 0 aliphatic carbocycles. The number of aliphatic hydroxyl groups excluding tert-OH is 1. The molecule has 3 aromatic rings. The predicted molar refractivity (Wildman–Crippen MR) is 129 cm³/mol. The molecular weight excluding hydrogens is 464 g/mol. The van der Waals surface area contributed by atoms with E-state index in [1.807, 2.05) is 6.92 Å². The molecule has 2 aliphatic heterocycles. The van der Waals surface area contributed by atoms with Crippen LogP contribution in [0, 0.1) is 0 Å². The van der Waals surface area contributed by atoms with Crippen LogP contribution in [-0.4, -0.2) is 41.2 Å². The van der Waals surface area contributed by atoms with Crippen molar-refractivity contribution in [3.8, 4) is 11.5 Å². The first-order valence-corrected chi connectivity index (χ1v) is 11.4. The number of esters is 1. The zero-order valence-electron chi connectivity index (χ0n) is 19.3. The van der Waals surface area contributed by atoms with Gasteiger partial charge in [-0.3, -0.25) is 19.5 Å². The van der Waals surface area contributed by atoms with Crippen molar-refractivity contribution in [2.24, 2.45) is 0 Å². The van der Waals surface area contributed by atoms with Gasteiger partial charge in [-0.15, -0.1) is 0 Å². The third-order valence-corrected chi connectivity index (χ3v) is 5.89. The van der Waals surface area contributed by atoms with Gasteiger partial charge in [0, 0.05) is 23.6 Å². The highest BCUT2D eigenvalue weighted by Crippen LogP contribution is 2.43. The van der Waals surface area contributed by atoms with Gasteiger partial charge in [0.15, 0.2) is 11.5 Å². The van der Waals surface area contributed by atoms with Crippen LogP contribution in [0.4, 0.5) is 5.69 Å². The second-order valence-corrected chi connectivity index (χ2v) is 8.21. The van der Waals surface area contributed by atoms with Crippen molar-refractivity contribution in [2.45, 2.75) is 19.4 Å². The molecule has 1 atom stereocenters. The number of carbonyl (C=O) groups excluding carboxylic acids is 3. The highest BCUT2D eigenvalue weighted by Gasteiger charge is 2.47. The van der Waals surface area contributed by atoms with E-state index in [1.54, 1.807) is 54.7 Å². The first-order chi connectivity index (χ1) is 17.5. The van der Waals surface area contributed by atoms with Gasteiger partial charge < -0.3 is 19.3 Å². The van der Waals surface area contributed by atoms with Gasteiger partial charge in [-0.05, 0) is 54.4 Å². The molecule has 0 spiro atoms. The van der Waals surface area contributed by atoms with E-state index >= 15 is 0 Å². The largest absolute Gasteiger partial charge is 0.507 e. The van der Waals surface area contributed by atoms with Crippen molar-refractivity contribution in [1.29, 1.82) is 0 Å². The summed E-state index contributed by atoms with van der Waals surface area (Å²) in [6.45, 7) is 2.20. The van der Waals surface area contributed by atoms with Gasteiger partial charge in [0.1, 0.15) is 5.76 Å². The molecule has 3 heterocycles. The van der Waals surface area contributed by atoms with Crippen molar-refractivity contribution in [2.75, 3.05) is 18.3 Å². The molecule has 5 rings (SSSR count). The van der Waals surface area contributed by atoms with E-state index in [0.717, 1.165) is 0 Å². The van der Waals surface area contributed by atoms with Crippen molar-refractivity contribution in [3.63, 3.8) is 0 Å². The monoisotopic (exact) mass is 486 g/mol. The van der Waals surface area contributed by atoms with Gasteiger partial charge in [0.25, 0.3) is 11.7 Å². The smallest absolute Gasteiger partial charge is 0.338 e. The fourth-order valence-corrected chi connectivity index (χ4v) is 4.21. The number of nitrogens with zero attached hydrogens (tertiary/aromatic N) is 2. The number of ketones is 1. The molecule has 1 N–H and O–H groups in total. The maximum Gasteiger partial charge on any atom is 0.338 e. The maximum absolute atomic E-state index is 13.3. The number of aromatic nitrogens is 1. The second kappa shape index (κ2) is 9.53. The number of ether oxygens (including phenoxy) is 3. The molecule has 9 heteroatoms. The van der Waals surface area contributed by atoms with Crippen molar-refractivity contribution >= 4 is 29.1 Å².